The van der Waals surface area contributed by atoms with Crippen molar-refractivity contribution in [2.24, 2.45) is 5.41 Å². The van der Waals surface area contributed by atoms with Gasteiger partial charge in [0.2, 0.25) is 10.0 Å². The van der Waals surface area contributed by atoms with Crippen LogP contribution in [0.2, 0.25) is 0 Å². The number of rotatable bonds is 5. The Kier molecular flexibility index (Phi) is 6.34. The summed E-state index contributed by atoms with van der Waals surface area (Å²) in [5.74, 6) is -2.68. The molecule has 1 amide bonds. The van der Waals surface area contributed by atoms with Gasteiger partial charge in [0.15, 0.2) is 0 Å². The maximum atomic E-state index is 14.0. The fourth-order valence-corrected chi connectivity index (χ4v) is 7.58. The van der Waals surface area contributed by atoms with Crippen LogP contribution in [0.15, 0.2) is 42.5 Å². The number of likely N-dealkylation sites (tertiary alicyclic amines) is 1. The van der Waals surface area contributed by atoms with Crippen LogP contribution in [0.3, 0.4) is 0 Å². The van der Waals surface area contributed by atoms with Gasteiger partial charge in [-0.25, -0.2) is 17.2 Å². The van der Waals surface area contributed by atoms with E-state index < -0.39 is 15.9 Å². The molecule has 210 valence electrons. The molecular formula is C30H37F2N3O3S. The van der Waals surface area contributed by atoms with Crippen molar-refractivity contribution in [2.45, 2.75) is 75.7 Å². The van der Waals surface area contributed by atoms with Crippen LogP contribution in [0, 0.1) is 5.41 Å². The normalized spacial score (nSPS) is 23.9. The number of amides is 1. The summed E-state index contributed by atoms with van der Waals surface area (Å²) in [4.78, 5) is 18.0. The number of benzene rings is 2. The largest absolute Gasteiger partial charge is 0.307 e. The highest BCUT2D eigenvalue weighted by Gasteiger charge is 2.53. The maximum Gasteiger partial charge on any atom is 0.258 e. The molecule has 2 aromatic rings. The number of nitrogens with zero attached hydrogens (tertiary/aromatic N) is 2. The van der Waals surface area contributed by atoms with Gasteiger partial charge in [-0.2, -0.15) is 0 Å². The number of alkyl halides is 2. The Labute approximate surface area is 229 Å². The van der Waals surface area contributed by atoms with E-state index in [2.05, 4.69) is 9.62 Å². The molecule has 1 N–H and O–H groups in total. The first-order valence-electron chi connectivity index (χ1n) is 14.0. The highest BCUT2D eigenvalue weighted by Crippen LogP contribution is 2.62. The minimum atomic E-state index is -3.42. The van der Waals surface area contributed by atoms with Crippen molar-refractivity contribution in [2.75, 3.05) is 35.5 Å². The molecule has 0 radical (unpaired) electrons. The lowest BCUT2D eigenvalue weighted by atomic mass is 9.66. The number of anilines is 2. The molecule has 2 aromatic carbocycles. The van der Waals surface area contributed by atoms with E-state index in [1.54, 1.807) is 6.07 Å². The predicted molar refractivity (Wildman–Crippen MR) is 149 cm³/mol. The monoisotopic (exact) mass is 557 g/mol. The van der Waals surface area contributed by atoms with Gasteiger partial charge in [0.25, 0.3) is 11.8 Å². The Balaban J connectivity index is 1.28. The predicted octanol–water partition coefficient (Wildman–Crippen LogP) is 6.10. The van der Waals surface area contributed by atoms with Crippen LogP contribution in [0.1, 0.15) is 85.8 Å². The summed E-state index contributed by atoms with van der Waals surface area (Å²) in [5.41, 5.74) is 4.26. The zero-order valence-corrected chi connectivity index (χ0v) is 23.5. The molecule has 0 bridgehead atoms. The minimum Gasteiger partial charge on any atom is -0.307 e. The highest BCUT2D eigenvalue weighted by molar-refractivity contribution is 7.92. The molecule has 2 spiro atoms. The summed E-state index contributed by atoms with van der Waals surface area (Å²) in [6, 6.07) is 13.0. The van der Waals surface area contributed by atoms with Crippen LogP contribution in [0.4, 0.5) is 20.2 Å². The molecule has 1 saturated heterocycles. The van der Waals surface area contributed by atoms with Crippen LogP contribution >= 0.6 is 0 Å². The number of sulfonamides is 1. The topological polar surface area (TPSA) is 69.7 Å². The van der Waals surface area contributed by atoms with Gasteiger partial charge in [-0.15, -0.1) is 0 Å². The number of halogens is 2. The van der Waals surface area contributed by atoms with E-state index >= 15 is 0 Å². The summed E-state index contributed by atoms with van der Waals surface area (Å²) < 4.78 is 53.9. The van der Waals surface area contributed by atoms with Crippen LogP contribution < -0.4 is 9.62 Å². The third-order valence-electron chi connectivity index (χ3n) is 9.79. The summed E-state index contributed by atoms with van der Waals surface area (Å²) in [5, 5.41) is 0. The molecular weight excluding hydrogens is 520 g/mol. The highest BCUT2D eigenvalue weighted by atomic mass is 32.2. The second kappa shape index (κ2) is 9.26. The van der Waals surface area contributed by atoms with E-state index in [0.29, 0.717) is 36.3 Å². The number of hydrogen-bond acceptors (Lipinski definition) is 4. The van der Waals surface area contributed by atoms with Gasteiger partial charge in [0.05, 0.1) is 6.26 Å². The fourth-order valence-electron chi connectivity index (χ4n) is 7.03. The molecule has 9 heteroatoms. The average molecular weight is 558 g/mol. The molecule has 2 aliphatic carbocycles. The van der Waals surface area contributed by atoms with Gasteiger partial charge in [0.1, 0.15) is 0 Å². The lowest BCUT2D eigenvalue weighted by Gasteiger charge is -2.38. The van der Waals surface area contributed by atoms with Crippen LogP contribution in [-0.4, -0.2) is 51.0 Å². The Hall–Kier alpha value is -2.52. The van der Waals surface area contributed by atoms with E-state index in [-0.39, 0.29) is 30.2 Å². The average Bonchev–Trinajstić information content (AvgIpc) is 3.59. The molecule has 0 aromatic heterocycles. The van der Waals surface area contributed by atoms with Crippen molar-refractivity contribution in [3.05, 3.63) is 59.2 Å². The zero-order valence-electron chi connectivity index (χ0n) is 22.7. The lowest BCUT2D eigenvalue weighted by Crippen LogP contribution is -2.41. The second-order valence-electron chi connectivity index (χ2n) is 12.5. The van der Waals surface area contributed by atoms with Gasteiger partial charge in [-0.05, 0) is 92.3 Å². The molecule has 1 unspecified atom stereocenters. The van der Waals surface area contributed by atoms with Crippen LogP contribution in [0.5, 0.6) is 0 Å². The van der Waals surface area contributed by atoms with E-state index in [1.165, 1.54) is 12.8 Å². The molecule has 2 heterocycles. The zero-order chi connectivity index (χ0) is 27.6. The molecule has 4 aliphatic rings. The molecule has 6 rings (SSSR count). The second-order valence-corrected chi connectivity index (χ2v) is 14.2. The number of carbonyl (C=O) groups is 1. The lowest BCUT2D eigenvalue weighted by molar-refractivity contribution is -0.0620. The summed E-state index contributed by atoms with van der Waals surface area (Å²) in [7, 11) is -3.42. The molecule has 6 nitrogen and oxygen atoms in total. The third-order valence-corrected chi connectivity index (χ3v) is 10.4. The van der Waals surface area contributed by atoms with Gasteiger partial charge in [0, 0.05) is 60.9 Å². The van der Waals surface area contributed by atoms with Crippen LogP contribution in [-0.2, 0) is 15.4 Å². The maximum absolute atomic E-state index is 14.0. The van der Waals surface area contributed by atoms with Gasteiger partial charge < -0.3 is 4.90 Å². The van der Waals surface area contributed by atoms with Crippen molar-refractivity contribution in [1.29, 1.82) is 0 Å². The minimum absolute atomic E-state index is 0.0660. The quantitative estimate of drug-likeness (QED) is 0.482. The van der Waals surface area contributed by atoms with Crippen LogP contribution in [0.25, 0.3) is 0 Å². The Bertz CT molecular complexity index is 1390. The smallest absolute Gasteiger partial charge is 0.258 e. The summed E-state index contributed by atoms with van der Waals surface area (Å²) in [6.45, 7) is 3.26. The summed E-state index contributed by atoms with van der Waals surface area (Å²) >= 11 is 0. The first kappa shape index (κ1) is 26.7. The first-order valence-corrected chi connectivity index (χ1v) is 15.9. The molecule has 2 aliphatic heterocycles. The van der Waals surface area contributed by atoms with Gasteiger partial charge in [-0.3, -0.25) is 14.4 Å². The van der Waals surface area contributed by atoms with Crippen molar-refractivity contribution in [3.8, 4) is 0 Å². The number of piperidine rings is 1. The van der Waals surface area contributed by atoms with Crippen molar-refractivity contribution >= 4 is 27.3 Å². The number of fused-ring (bicyclic) bond motifs is 2. The number of nitrogens with one attached hydrogen (secondary N) is 1. The molecule has 39 heavy (non-hydrogen) atoms. The van der Waals surface area contributed by atoms with E-state index in [1.807, 2.05) is 48.2 Å². The third kappa shape index (κ3) is 5.20. The van der Waals surface area contributed by atoms with Crippen molar-refractivity contribution in [3.63, 3.8) is 0 Å². The molecule has 2 saturated carbocycles. The van der Waals surface area contributed by atoms with E-state index in [9.17, 15) is 22.0 Å². The Morgan fingerprint density at radius 2 is 1.62 bits per heavy atom. The van der Waals surface area contributed by atoms with E-state index in [0.717, 1.165) is 48.8 Å². The Morgan fingerprint density at radius 3 is 2.26 bits per heavy atom. The SMILES string of the molecule is CC(c1cccc(C(=O)N2CC3(CCC4(CC4)CC3)c3cc(NS(C)(=O)=O)ccc32)c1)N1CCC(F)(F)CC1. The standard InChI is InChI=1S/C30H37F2N3O3S/c1-21(34-16-14-30(31,32)15-17-34)22-4-3-5-23(18-22)27(36)35-20-29(12-10-28(8-9-28)11-13-29)25-19-24(6-7-26(25)35)33-39(2,37)38/h3-7,18-19,21,33H,8-17,20H2,1-2H3. The number of hydrogen-bond donors (Lipinski definition) is 1. The van der Waals surface area contributed by atoms with Crippen molar-refractivity contribution in [1.82, 2.24) is 4.90 Å². The molecule has 3 fully saturated rings. The Morgan fingerprint density at radius 1 is 0.949 bits per heavy atom. The van der Waals surface area contributed by atoms with Gasteiger partial charge in [-0.1, -0.05) is 12.1 Å². The van der Waals surface area contributed by atoms with Gasteiger partial charge >= 0.3 is 0 Å². The number of carbonyl (C=O) groups excluding carboxylic acids is 1. The van der Waals surface area contributed by atoms with E-state index in [4.69, 9.17) is 0 Å². The fraction of sp³-hybridized carbons (Fsp3) is 0.567. The van der Waals surface area contributed by atoms with Crippen molar-refractivity contribution < 1.29 is 22.0 Å². The summed E-state index contributed by atoms with van der Waals surface area (Å²) in [6.07, 6.45) is 7.69. The molecule has 1 atom stereocenters. The first-order chi connectivity index (χ1) is 18.4.